The van der Waals surface area contributed by atoms with Gasteiger partial charge in [0, 0.05) is 30.8 Å². The third-order valence-electron chi connectivity index (χ3n) is 13.8. The first-order valence-electron chi connectivity index (χ1n) is 26.4. The van der Waals surface area contributed by atoms with Crippen LogP contribution in [0.25, 0.3) is 55.1 Å². The summed E-state index contributed by atoms with van der Waals surface area (Å²) in [6.45, 7) is 10.7. The zero-order valence-electron chi connectivity index (χ0n) is 41.1. The van der Waals surface area contributed by atoms with Crippen LogP contribution < -0.4 is 9.47 Å². The Morgan fingerprint density at radius 1 is 0.379 bits per heavy atom. The lowest BCUT2D eigenvalue weighted by Crippen LogP contribution is -2.12. The number of benzene rings is 5. The van der Waals surface area contributed by atoms with Gasteiger partial charge in [0.15, 0.2) is 0 Å². The minimum Gasteiger partial charge on any atom is -0.493 e. The Hall–Kier alpha value is -3.48. The molecule has 0 aliphatic carbocycles. The van der Waals surface area contributed by atoms with Crippen LogP contribution in [-0.4, -0.2) is 23.2 Å². The Morgan fingerprint density at radius 3 is 1.05 bits per heavy atom. The zero-order valence-corrected chi connectivity index (χ0v) is 44.3. The van der Waals surface area contributed by atoms with E-state index in [1.807, 2.05) is 0 Å². The molecule has 0 aliphatic heterocycles. The predicted octanol–water partition coefficient (Wildman–Crippen LogP) is 20.2. The normalized spacial score (nSPS) is 12.6. The number of hydrogen-bond donors (Lipinski definition) is 0. The summed E-state index contributed by atoms with van der Waals surface area (Å²) in [6.07, 6.45) is 31.5. The van der Waals surface area contributed by atoms with Crippen LogP contribution in [0.4, 0.5) is 0 Å². The van der Waals surface area contributed by atoms with Crippen molar-refractivity contribution in [2.75, 3.05) is 13.2 Å². The van der Waals surface area contributed by atoms with E-state index in [0.29, 0.717) is 11.8 Å². The van der Waals surface area contributed by atoms with Gasteiger partial charge in [-0.15, -0.1) is 0 Å². The second-order valence-corrected chi connectivity index (χ2v) is 21.0. The van der Waals surface area contributed by atoms with Gasteiger partial charge in [0.2, 0.25) is 0 Å². The molecule has 0 N–H and O–H groups in total. The number of nitrogens with zero attached hydrogens (tertiary/aromatic N) is 2. The molecular formula is C60H80Br2N2O2. The number of hydrogen-bond acceptors (Lipinski definition) is 4. The van der Waals surface area contributed by atoms with Crippen molar-refractivity contribution in [2.24, 2.45) is 11.8 Å². The molecule has 0 fully saturated rings. The summed E-state index contributed by atoms with van der Waals surface area (Å²) >= 11 is 7.55. The molecule has 0 saturated carbocycles. The van der Waals surface area contributed by atoms with Crippen LogP contribution in [-0.2, 0) is 0 Å². The summed E-state index contributed by atoms with van der Waals surface area (Å²) in [5.74, 6) is 3.03. The van der Waals surface area contributed by atoms with Crippen LogP contribution in [0.2, 0.25) is 0 Å². The quantitative estimate of drug-likeness (QED) is 0.0312. The molecule has 66 heavy (non-hydrogen) atoms. The highest BCUT2D eigenvalue weighted by Gasteiger charge is 2.20. The molecule has 0 spiro atoms. The average Bonchev–Trinajstić information content (AvgIpc) is 3.34. The maximum absolute atomic E-state index is 6.59. The van der Waals surface area contributed by atoms with Gasteiger partial charge in [-0.05, 0) is 121 Å². The molecule has 0 amide bonds. The first-order chi connectivity index (χ1) is 32.4. The third kappa shape index (κ3) is 15.8. The van der Waals surface area contributed by atoms with E-state index < -0.39 is 0 Å². The molecule has 0 radical (unpaired) electrons. The Labute approximate surface area is 416 Å². The van der Waals surface area contributed by atoms with Gasteiger partial charge in [0.25, 0.3) is 0 Å². The average molecular weight is 1020 g/mol. The summed E-state index contributed by atoms with van der Waals surface area (Å²) in [5, 5.41) is 4.49. The van der Waals surface area contributed by atoms with Crippen LogP contribution in [0.3, 0.4) is 0 Å². The molecule has 1 aromatic heterocycles. The molecule has 0 bridgehead atoms. The molecule has 6 heteroatoms. The van der Waals surface area contributed by atoms with Gasteiger partial charge in [0.05, 0.1) is 35.6 Å². The Bertz CT molecular complexity index is 2160. The van der Waals surface area contributed by atoms with E-state index in [-0.39, 0.29) is 0 Å². The number of rotatable bonds is 32. The van der Waals surface area contributed by atoms with Gasteiger partial charge in [0.1, 0.15) is 11.5 Å². The maximum Gasteiger partial charge on any atom is 0.119 e. The van der Waals surface area contributed by atoms with E-state index in [2.05, 4.69) is 144 Å². The molecule has 2 atom stereocenters. The standard InChI is InChI=1S/C60H80Br2N2O2/c1-5-9-13-17-19-23-27-45(25-21-15-11-7-3)43-65-51-35-29-47(30-36-51)57-58(64-60-56-42-50(62)34-40-54(56)53-39-33-49(61)41-55(53)59(60)63-57)48-31-37-52(38-32-48)66-44-46(26-22-16-12-8-4)28-24-20-18-14-10-6-2/h29-42,45-46H,5-28,43-44H2,1-4H3. The van der Waals surface area contributed by atoms with Crippen molar-refractivity contribution >= 4 is 64.4 Å². The topological polar surface area (TPSA) is 44.2 Å². The van der Waals surface area contributed by atoms with Crippen molar-refractivity contribution in [3.63, 3.8) is 0 Å². The van der Waals surface area contributed by atoms with Crippen LogP contribution in [0.15, 0.2) is 93.9 Å². The van der Waals surface area contributed by atoms with Gasteiger partial charge < -0.3 is 9.47 Å². The van der Waals surface area contributed by atoms with Crippen molar-refractivity contribution in [1.29, 1.82) is 0 Å². The fraction of sp³-hybridized carbons (Fsp3) is 0.533. The molecular weight excluding hydrogens is 940 g/mol. The third-order valence-corrected chi connectivity index (χ3v) is 14.7. The lowest BCUT2D eigenvalue weighted by molar-refractivity contribution is 0.224. The predicted molar refractivity (Wildman–Crippen MR) is 292 cm³/mol. The second-order valence-electron chi connectivity index (χ2n) is 19.2. The van der Waals surface area contributed by atoms with E-state index in [4.69, 9.17) is 19.4 Å². The number of ether oxygens (including phenoxy) is 2. The van der Waals surface area contributed by atoms with Gasteiger partial charge in [-0.3, -0.25) is 0 Å². The first-order valence-corrected chi connectivity index (χ1v) is 28.0. The smallest absolute Gasteiger partial charge is 0.119 e. The van der Waals surface area contributed by atoms with Crippen molar-refractivity contribution < 1.29 is 9.47 Å². The van der Waals surface area contributed by atoms with Gasteiger partial charge >= 0.3 is 0 Å². The Balaban J connectivity index is 1.28. The second kappa shape index (κ2) is 28.8. The summed E-state index contributed by atoms with van der Waals surface area (Å²) in [4.78, 5) is 11.2. The molecule has 0 aliphatic rings. The Morgan fingerprint density at radius 2 is 0.697 bits per heavy atom. The number of halogens is 2. The summed E-state index contributed by atoms with van der Waals surface area (Å²) in [6, 6.07) is 30.3. The molecule has 6 aromatic rings. The molecule has 1 heterocycles. The molecule has 356 valence electrons. The van der Waals surface area contributed by atoms with E-state index in [1.165, 1.54) is 154 Å². The Kier molecular flexibility index (Phi) is 22.6. The van der Waals surface area contributed by atoms with E-state index in [9.17, 15) is 0 Å². The number of unbranched alkanes of at least 4 members (excludes halogenated alkanes) is 16. The highest BCUT2D eigenvalue weighted by atomic mass is 79.9. The van der Waals surface area contributed by atoms with Crippen molar-refractivity contribution in [3.8, 4) is 34.0 Å². The summed E-state index contributed by atoms with van der Waals surface area (Å²) in [7, 11) is 0. The van der Waals surface area contributed by atoms with E-state index in [1.54, 1.807) is 0 Å². The fourth-order valence-electron chi connectivity index (χ4n) is 9.72. The van der Waals surface area contributed by atoms with Crippen LogP contribution in [0.5, 0.6) is 11.5 Å². The van der Waals surface area contributed by atoms with Gasteiger partial charge in [-0.25, -0.2) is 9.97 Å². The summed E-state index contributed by atoms with van der Waals surface area (Å²) < 4.78 is 15.2. The van der Waals surface area contributed by atoms with Crippen molar-refractivity contribution in [2.45, 2.75) is 182 Å². The number of fused-ring (bicyclic) bond motifs is 6. The largest absolute Gasteiger partial charge is 0.493 e. The van der Waals surface area contributed by atoms with Crippen LogP contribution >= 0.6 is 31.9 Å². The first kappa shape index (κ1) is 51.9. The fourth-order valence-corrected chi connectivity index (χ4v) is 10.4. The van der Waals surface area contributed by atoms with Crippen LogP contribution in [0.1, 0.15) is 182 Å². The highest BCUT2D eigenvalue weighted by Crippen LogP contribution is 2.40. The van der Waals surface area contributed by atoms with E-state index in [0.717, 1.165) is 88.8 Å². The lowest BCUT2D eigenvalue weighted by atomic mass is 9.95. The number of aromatic nitrogens is 2. The molecule has 5 aromatic carbocycles. The van der Waals surface area contributed by atoms with Crippen molar-refractivity contribution in [3.05, 3.63) is 93.9 Å². The lowest BCUT2D eigenvalue weighted by Gasteiger charge is -2.19. The minimum atomic E-state index is 0.595. The molecule has 6 rings (SSSR count). The van der Waals surface area contributed by atoms with Crippen molar-refractivity contribution in [1.82, 2.24) is 9.97 Å². The van der Waals surface area contributed by atoms with Gasteiger partial charge in [-0.1, -0.05) is 200 Å². The maximum atomic E-state index is 6.59. The molecule has 4 nitrogen and oxygen atoms in total. The highest BCUT2D eigenvalue weighted by molar-refractivity contribution is 9.10. The monoisotopic (exact) mass is 1020 g/mol. The summed E-state index contributed by atoms with van der Waals surface area (Å²) in [5.41, 5.74) is 5.56. The minimum absolute atomic E-state index is 0.595. The van der Waals surface area contributed by atoms with E-state index >= 15 is 0 Å². The molecule has 0 saturated heterocycles. The molecule has 2 unspecified atom stereocenters. The van der Waals surface area contributed by atoms with Crippen LogP contribution in [0, 0.1) is 11.8 Å². The zero-order chi connectivity index (χ0) is 46.4. The van der Waals surface area contributed by atoms with Gasteiger partial charge in [-0.2, -0.15) is 0 Å². The SMILES string of the molecule is CCCCCCCCC(CCCCCC)COc1ccc(-c2nc3c4cc(Br)ccc4c4ccc(Br)cc4c3nc2-c2ccc(OCC(CCCCCC)CCCCCCCC)cc2)cc1.